The van der Waals surface area contributed by atoms with Crippen molar-refractivity contribution in [2.45, 2.75) is 33.1 Å². The lowest BCUT2D eigenvalue weighted by Crippen LogP contribution is -2.11. The summed E-state index contributed by atoms with van der Waals surface area (Å²) in [5.41, 5.74) is 3.55. The predicted octanol–water partition coefficient (Wildman–Crippen LogP) is 4.81. The normalized spacial score (nSPS) is 10.9. The molecule has 130 valence electrons. The van der Waals surface area contributed by atoms with Crippen LogP contribution in [0.15, 0.2) is 54.6 Å². The van der Waals surface area contributed by atoms with Gasteiger partial charge < -0.3 is 10.6 Å². The van der Waals surface area contributed by atoms with E-state index in [9.17, 15) is 9.59 Å². The van der Waals surface area contributed by atoms with Crippen LogP contribution >= 0.6 is 0 Å². The molecule has 0 bridgehead atoms. The van der Waals surface area contributed by atoms with E-state index in [2.05, 4.69) is 36.6 Å². The number of hydrogen-bond acceptors (Lipinski definition) is 2. The Morgan fingerprint density at radius 1 is 1.00 bits per heavy atom. The molecule has 0 saturated heterocycles. The summed E-state index contributed by atoms with van der Waals surface area (Å²) in [4.78, 5) is 23.5. The Hall–Kier alpha value is -2.88. The van der Waals surface area contributed by atoms with Crippen molar-refractivity contribution >= 4 is 29.3 Å². The summed E-state index contributed by atoms with van der Waals surface area (Å²) in [6.07, 6.45) is 3.69. The van der Waals surface area contributed by atoms with Crippen LogP contribution in [0.1, 0.15) is 44.2 Å². The number of amides is 2. The van der Waals surface area contributed by atoms with Gasteiger partial charge in [0.05, 0.1) is 0 Å². The predicted molar refractivity (Wildman–Crippen MR) is 104 cm³/mol. The minimum absolute atomic E-state index is 0.0618. The number of carbonyl (C=O) groups excluding carboxylic acids is 2. The van der Waals surface area contributed by atoms with Crippen molar-refractivity contribution in [3.63, 3.8) is 0 Å². The van der Waals surface area contributed by atoms with Crippen molar-refractivity contribution in [3.05, 3.63) is 65.7 Å². The van der Waals surface area contributed by atoms with E-state index in [1.807, 2.05) is 12.1 Å². The van der Waals surface area contributed by atoms with Crippen molar-refractivity contribution in [1.29, 1.82) is 0 Å². The number of anilines is 2. The van der Waals surface area contributed by atoms with Crippen LogP contribution in [0.2, 0.25) is 0 Å². The van der Waals surface area contributed by atoms with Gasteiger partial charge in [0, 0.05) is 23.9 Å². The summed E-state index contributed by atoms with van der Waals surface area (Å²) >= 11 is 0. The first-order valence-electron chi connectivity index (χ1n) is 8.47. The van der Waals surface area contributed by atoms with Crippen LogP contribution in [-0.4, -0.2) is 11.8 Å². The molecule has 0 aliphatic rings. The van der Waals surface area contributed by atoms with E-state index >= 15 is 0 Å². The van der Waals surface area contributed by atoms with Crippen LogP contribution in [-0.2, 0) is 9.59 Å². The second kappa shape index (κ2) is 8.83. The number of benzene rings is 2. The van der Waals surface area contributed by atoms with Crippen molar-refractivity contribution < 1.29 is 9.59 Å². The molecular weight excluding hydrogens is 312 g/mol. The number of rotatable bonds is 6. The highest BCUT2D eigenvalue weighted by Gasteiger charge is 2.02. The summed E-state index contributed by atoms with van der Waals surface area (Å²) in [7, 11) is 0. The molecule has 0 aromatic heterocycles. The molecule has 0 heterocycles. The SMILES string of the molecule is CCC(=O)Nc1cccc(NC(=O)/C=C/c2ccc(C(C)C)cc2)c1. The van der Waals surface area contributed by atoms with Crippen molar-refractivity contribution in [1.82, 2.24) is 0 Å². The van der Waals surface area contributed by atoms with Gasteiger partial charge >= 0.3 is 0 Å². The van der Waals surface area contributed by atoms with Crippen LogP contribution < -0.4 is 10.6 Å². The van der Waals surface area contributed by atoms with Gasteiger partial charge in [-0.25, -0.2) is 0 Å². The lowest BCUT2D eigenvalue weighted by molar-refractivity contribution is -0.116. The molecule has 0 atom stereocenters. The van der Waals surface area contributed by atoms with E-state index in [4.69, 9.17) is 0 Å². The fourth-order valence-corrected chi connectivity index (χ4v) is 2.27. The van der Waals surface area contributed by atoms with E-state index in [1.54, 1.807) is 37.3 Å². The van der Waals surface area contributed by atoms with Gasteiger partial charge in [0.15, 0.2) is 0 Å². The molecule has 2 rings (SSSR count). The second-order valence-corrected chi connectivity index (χ2v) is 6.13. The Kier molecular flexibility index (Phi) is 6.52. The highest BCUT2D eigenvalue weighted by Crippen LogP contribution is 2.17. The minimum Gasteiger partial charge on any atom is -0.326 e. The first-order valence-corrected chi connectivity index (χ1v) is 8.47. The summed E-state index contributed by atoms with van der Waals surface area (Å²) in [6.45, 7) is 6.09. The molecule has 2 aromatic carbocycles. The fraction of sp³-hybridized carbons (Fsp3) is 0.238. The molecule has 4 heteroatoms. The van der Waals surface area contributed by atoms with Crippen molar-refractivity contribution in [3.8, 4) is 0 Å². The first kappa shape index (κ1) is 18.5. The molecule has 0 aliphatic carbocycles. The van der Waals surface area contributed by atoms with E-state index in [-0.39, 0.29) is 11.8 Å². The minimum atomic E-state index is -0.216. The Morgan fingerprint density at radius 3 is 2.24 bits per heavy atom. The van der Waals surface area contributed by atoms with E-state index in [0.717, 1.165) is 5.56 Å². The maximum Gasteiger partial charge on any atom is 0.248 e. The monoisotopic (exact) mass is 336 g/mol. The van der Waals surface area contributed by atoms with Gasteiger partial charge in [-0.3, -0.25) is 9.59 Å². The maximum absolute atomic E-state index is 12.1. The smallest absolute Gasteiger partial charge is 0.248 e. The van der Waals surface area contributed by atoms with Gasteiger partial charge in [-0.15, -0.1) is 0 Å². The molecular formula is C21H24N2O2. The molecule has 0 radical (unpaired) electrons. The van der Waals surface area contributed by atoms with Crippen molar-refractivity contribution in [2.75, 3.05) is 10.6 Å². The standard InChI is InChI=1S/C21H24N2O2/c1-4-20(24)22-18-6-5-7-19(14-18)23-21(25)13-10-16-8-11-17(12-9-16)15(2)3/h5-15H,4H2,1-3H3,(H,22,24)(H,23,25)/b13-10+. The van der Waals surface area contributed by atoms with E-state index in [1.165, 1.54) is 11.6 Å². The topological polar surface area (TPSA) is 58.2 Å². The summed E-state index contributed by atoms with van der Waals surface area (Å²) in [5, 5.41) is 5.57. The summed E-state index contributed by atoms with van der Waals surface area (Å²) < 4.78 is 0. The largest absolute Gasteiger partial charge is 0.326 e. The molecule has 2 N–H and O–H groups in total. The molecule has 25 heavy (non-hydrogen) atoms. The lowest BCUT2D eigenvalue weighted by Gasteiger charge is -2.07. The lowest BCUT2D eigenvalue weighted by atomic mass is 10.0. The molecule has 0 fully saturated rings. The van der Waals surface area contributed by atoms with Gasteiger partial charge in [0.1, 0.15) is 0 Å². The average Bonchev–Trinajstić information content (AvgIpc) is 2.60. The Bertz CT molecular complexity index is 762. The molecule has 4 nitrogen and oxygen atoms in total. The van der Waals surface area contributed by atoms with Gasteiger partial charge in [-0.2, -0.15) is 0 Å². The van der Waals surface area contributed by atoms with Gasteiger partial charge in [-0.1, -0.05) is 51.1 Å². The molecule has 0 unspecified atom stereocenters. The number of nitrogens with one attached hydrogen (secondary N) is 2. The summed E-state index contributed by atoms with van der Waals surface area (Å²) in [5.74, 6) is 0.210. The Balaban J connectivity index is 1.97. The van der Waals surface area contributed by atoms with Crippen LogP contribution in [0, 0.1) is 0 Å². The number of carbonyl (C=O) groups is 2. The maximum atomic E-state index is 12.1. The first-order chi connectivity index (χ1) is 12.0. The van der Waals surface area contributed by atoms with Gasteiger partial charge in [0.25, 0.3) is 0 Å². The summed E-state index contributed by atoms with van der Waals surface area (Å²) in [6, 6.07) is 15.2. The zero-order chi connectivity index (χ0) is 18.2. The zero-order valence-corrected chi connectivity index (χ0v) is 14.9. The molecule has 0 spiro atoms. The third-order valence-electron chi connectivity index (χ3n) is 3.77. The Labute approximate surface area is 149 Å². The van der Waals surface area contributed by atoms with Crippen LogP contribution in [0.4, 0.5) is 11.4 Å². The van der Waals surface area contributed by atoms with Crippen LogP contribution in [0.25, 0.3) is 6.08 Å². The average molecular weight is 336 g/mol. The van der Waals surface area contributed by atoms with E-state index < -0.39 is 0 Å². The molecule has 2 aromatic rings. The fourth-order valence-electron chi connectivity index (χ4n) is 2.27. The molecule has 0 aliphatic heterocycles. The van der Waals surface area contributed by atoms with Crippen LogP contribution in [0.5, 0.6) is 0 Å². The van der Waals surface area contributed by atoms with E-state index in [0.29, 0.717) is 23.7 Å². The number of hydrogen-bond donors (Lipinski definition) is 2. The Morgan fingerprint density at radius 2 is 1.64 bits per heavy atom. The molecule has 2 amide bonds. The quantitative estimate of drug-likeness (QED) is 0.744. The van der Waals surface area contributed by atoms with Crippen molar-refractivity contribution in [2.24, 2.45) is 0 Å². The highest BCUT2D eigenvalue weighted by atomic mass is 16.2. The zero-order valence-electron chi connectivity index (χ0n) is 14.9. The van der Waals surface area contributed by atoms with Gasteiger partial charge in [-0.05, 0) is 41.3 Å². The third kappa shape index (κ3) is 5.92. The molecule has 0 saturated carbocycles. The second-order valence-electron chi connectivity index (χ2n) is 6.13. The van der Waals surface area contributed by atoms with Crippen LogP contribution in [0.3, 0.4) is 0 Å². The van der Waals surface area contributed by atoms with Gasteiger partial charge in [0.2, 0.25) is 11.8 Å². The highest BCUT2D eigenvalue weighted by molar-refractivity contribution is 6.02. The third-order valence-corrected chi connectivity index (χ3v) is 3.77.